The van der Waals surface area contributed by atoms with Crippen molar-refractivity contribution in [2.75, 3.05) is 20.1 Å². The molecule has 2 aliphatic heterocycles. The lowest BCUT2D eigenvalue weighted by molar-refractivity contribution is -0.791. The molecular formula is C7H8BNO4. The van der Waals surface area contributed by atoms with Crippen LogP contribution in [-0.4, -0.2) is 43.2 Å². The summed E-state index contributed by atoms with van der Waals surface area (Å²) in [6, 6.07) is 0. The van der Waals surface area contributed by atoms with Crippen molar-refractivity contribution in [1.82, 2.24) is 0 Å². The van der Waals surface area contributed by atoms with Crippen molar-refractivity contribution in [3.63, 3.8) is 0 Å². The monoisotopic (exact) mass is 181 g/mol. The van der Waals surface area contributed by atoms with Gasteiger partial charge in [-0.3, -0.25) is 9.59 Å². The summed E-state index contributed by atoms with van der Waals surface area (Å²) in [6.45, 7) is -1.99. The largest absolute Gasteiger partial charge is 0.660 e. The molecular weight excluding hydrogens is 173 g/mol. The van der Waals surface area contributed by atoms with Crippen molar-refractivity contribution in [2.24, 2.45) is 0 Å². The van der Waals surface area contributed by atoms with Gasteiger partial charge in [-0.05, 0) is 0 Å². The maximum atomic E-state index is 11.0. The van der Waals surface area contributed by atoms with Crippen molar-refractivity contribution in [3.8, 4) is 12.2 Å². The first-order valence-electron chi connectivity index (χ1n) is 3.91. The first-order chi connectivity index (χ1) is 6.01. The van der Waals surface area contributed by atoms with Crippen molar-refractivity contribution in [2.45, 2.75) is 0 Å². The highest BCUT2D eigenvalue weighted by molar-refractivity contribution is 6.73. The summed E-state index contributed by atoms with van der Waals surface area (Å²) < 4.78 is 9.89. The fourth-order valence-corrected chi connectivity index (χ4v) is 1.84. The van der Waals surface area contributed by atoms with E-state index in [2.05, 4.69) is 5.82 Å². The van der Waals surface area contributed by atoms with Crippen LogP contribution in [0.25, 0.3) is 0 Å². The van der Waals surface area contributed by atoms with Gasteiger partial charge in [0.05, 0.1) is 0 Å². The number of fused-ring (bicyclic) bond motifs is 1. The van der Waals surface area contributed by atoms with E-state index in [9.17, 15) is 9.59 Å². The van der Waals surface area contributed by atoms with Gasteiger partial charge >= 0.3 is 18.6 Å². The van der Waals surface area contributed by atoms with Crippen LogP contribution in [0.5, 0.6) is 0 Å². The van der Waals surface area contributed by atoms with Gasteiger partial charge in [-0.1, -0.05) is 0 Å². The Kier molecular flexibility index (Phi) is 1.29. The van der Waals surface area contributed by atoms with Crippen LogP contribution >= 0.6 is 0 Å². The zero-order valence-electron chi connectivity index (χ0n) is 7.15. The van der Waals surface area contributed by atoms with Crippen molar-refractivity contribution >= 4 is 18.6 Å². The molecule has 5 nitrogen and oxygen atoms in total. The van der Waals surface area contributed by atoms with E-state index in [0.717, 1.165) is 0 Å². The van der Waals surface area contributed by atoms with E-state index in [1.807, 2.05) is 0 Å². The smallest absolute Gasteiger partial charge is 0.589 e. The topological polar surface area (TPSA) is 52.6 Å². The lowest BCUT2D eigenvalue weighted by Crippen LogP contribution is -2.59. The SMILES string of the molecule is C#C[B-]12OC(=O)C[N+]1(C)CC(=O)O2. The highest BCUT2D eigenvalue weighted by Crippen LogP contribution is 2.32. The number of carbonyl (C=O) groups is 2. The fraction of sp³-hybridized carbons (Fsp3) is 0.429. The third-order valence-electron chi connectivity index (χ3n) is 2.59. The van der Waals surface area contributed by atoms with Crippen LogP contribution in [0.15, 0.2) is 0 Å². The molecule has 68 valence electrons. The second kappa shape index (κ2) is 2.06. The predicted molar refractivity (Wildman–Crippen MR) is 42.7 cm³/mol. The maximum absolute atomic E-state index is 11.0. The van der Waals surface area contributed by atoms with E-state index >= 15 is 0 Å². The quantitative estimate of drug-likeness (QED) is 0.342. The number of quaternary nitrogens is 1. The molecule has 13 heavy (non-hydrogen) atoms. The molecule has 0 N–H and O–H groups in total. The van der Waals surface area contributed by atoms with E-state index in [1.165, 1.54) is 0 Å². The van der Waals surface area contributed by atoms with Gasteiger partial charge in [-0.25, -0.2) is 0 Å². The van der Waals surface area contributed by atoms with E-state index in [-0.39, 0.29) is 17.5 Å². The summed E-state index contributed by atoms with van der Waals surface area (Å²) in [7, 11) is 1.69. The normalized spacial score (nSPS) is 42.2. The number of hydrogen-bond acceptors (Lipinski definition) is 4. The molecule has 0 radical (unpaired) electrons. The summed E-state index contributed by atoms with van der Waals surface area (Å²) in [5.41, 5.74) is 0. The molecule has 0 atom stereocenters. The van der Waals surface area contributed by atoms with Crippen LogP contribution in [0.1, 0.15) is 0 Å². The minimum Gasteiger partial charge on any atom is -0.589 e. The summed E-state index contributed by atoms with van der Waals surface area (Å²) in [5, 5.41) is 0. The molecule has 0 aromatic rings. The summed E-state index contributed by atoms with van der Waals surface area (Å²) >= 11 is 0. The Labute approximate surface area is 75.2 Å². The Morgan fingerprint density at radius 1 is 1.38 bits per heavy atom. The average molecular weight is 181 g/mol. The fourth-order valence-electron chi connectivity index (χ4n) is 1.84. The maximum Gasteiger partial charge on any atom is 0.660 e. The van der Waals surface area contributed by atoms with Gasteiger partial charge < -0.3 is 13.7 Å². The molecule has 0 bridgehead atoms. The van der Waals surface area contributed by atoms with Gasteiger partial charge in [-0.2, -0.15) is 6.42 Å². The first-order valence-corrected chi connectivity index (χ1v) is 3.91. The van der Waals surface area contributed by atoms with Crippen LogP contribution in [0.3, 0.4) is 0 Å². The van der Waals surface area contributed by atoms with Crippen LogP contribution in [0, 0.1) is 12.2 Å². The Morgan fingerprint density at radius 3 is 2.15 bits per heavy atom. The second-order valence-corrected chi connectivity index (χ2v) is 3.61. The average Bonchev–Trinajstić information content (AvgIpc) is 2.34. The summed E-state index contributed by atoms with van der Waals surface area (Å²) in [4.78, 5) is 22.0. The molecule has 2 fully saturated rings. The van der Waals surface area contributed by atoms with Crippen molar-refractivity contribution in [3.05, 3.63) is 0 Å². The first kappa shape index (κ1) is 8.14. The van der Waals surface area contributed by atoms with Crippen LogP contribution in [-0.2, 0) is 18.9 Å². The van der Waals surface area contributed by atoms with Crippen LogP contribution < -0.4 is 0 Å². The molecule has 0 aromatic carbocycles. The second-order valence-electron chi connectivity index (χ2n) is 3.61. The number of likely N-dealkylation sites (N-methyl/N-ethyl adjacent to an activating group) is 1. The number of carbonyl (C=O) groups excluding carboxylic acids is 2. The molecule has 2 rings (SSSR count). The van der Waals surface area contributed by atoms with Crippen molar-refractivity contribution < 1.29 is 23.3 Å². The number of terminal acetylenes is 1. The van der Waals surface area contributed by atoms with Gasteiger partial charge in [0.2, 0.25) is 0 Å². The standard InChI is InChI=1S/C7H8BNO4/c1-3-8-9(2,4-6(10)12-8)5-7(11)13-8/h1H,4-5H2,2H3. The third kappa shape index (κ3) is 0.821. The lowest BCUT2D eigenvalue weighted by Gasteiger charge is -2.35. The van der Waals surface area contributed by atoms with Gasteiger partial charge in [-0.15, -0.1) is 5.82 Å². The molecule has 2 heterocycles. The lowest BCUT2D eigenvalue weighted by atomic mass is 9.70. The van der Waals surface area contributed by atoms with E-state index in [4.69, 9.17) is 15.7 Å². The molecule has 6 heteroatoms. The highest BCUT2D eigenvalue weighted by Gasteiger charge is 2.64. The number of nitrogens with zero attached hydrogens (tertiary/aromatic N) is 1. The number of rotatable bonds is 0. The van der Waals surface area contributed by atoms with Gasteiger partial charge in [0.25, 0.3) is 0 Å². The molecule has 0 aliphatic carbocycles. The minimum atomic E-state index is -2.20. The van der Waals surface area contributed by atoms with E-state index in [1.54, 1.807) is 7.05 Å². The van der Waals surface area contributed by atoms with E-state index in [0.29, 0.717) is 0 Å². The van der Waals surface area contributed by atoms with Crippen LogP contribution in [0.2, 0.25) is 0 Å². The summed E-state index contributed by atoms with van der Waals surface area (Å²) in [5.74, 6) is 1.47. The molecule has 0 saturated carbocycles. The molecule has 0 unspecified atom stereocenters. The third-order valence-corrected chi connectivity index (χ3v) is 2.59. The predicted octanol–water partition coefficient (Wildman–Crippen LogP) is -1.34. The zero-order valence-corrected chi connectivity index (χ0v) is 7.15. The highest BCUT2D eigenvalue weighted by atomic mass is 16.7. The number of hydrogen-bond donors (Lipinski definition) is 0. The van der Waals surface area contributed by atoms with Crippen molar-refractivity contribution in [1.29, 1.82) is 0 Å². The zero-order chi connectivity index (χ0) is 9.69. The minimum absolute atomic E-state index is 0.0637. The summed E-state index contributed by atoms with van der Waals surface area (Å²) in [6.07, 6.45) is 5.23. The van der Waals surface area contributed by atoms with E-state index < -0.39 is 18.6 Å². The Bertz CT molecular complexity index is 325. The molecule has 2 aliphatic rings. The van der Waals surface area contributed by atoms with Gasteiger partial charge in [0.1, 0.15) is 13.1 Å². The molecule has 0 amide bonds. The molecule has 0 spiro atoms. The molecule has 2 saturated heterocycles. The Morgan fingerprint density at radius 2 is 1.85 bits per heavy atom. The molecule has 0 aromatic heterocycles. The van der Waals surface area contributed by atoms with Gasteiger partial charge in [0, 0.05) is 7.05 Å². The Hall–Kier alpha value is -1.48. The van der Waals surface area contributed by atoms with Crippen LogP contribution in [0.4, 0.5) is 0 Å². The Balaban J connectivity index is 2.47. The van der Waals surface area contributed by atoms with Gasteiger partial charge in [0.15, 0.2) is 0 Å².